The van der Waals surface area contributed by atoms with Gasteiger partial charge in [0.25, 0.3) is 0 Å². The van der Waals surface area contributed by atoms with E-state index in [-0.39, 0.29) is 10.1 Å². The zero-order chi connectivity index (χ0) is 14.8. The van der Waals surface area contributed by atoms with E-state index in [9.17, 15) is 12.6 Å². The van der Waals surface area contributed by atoms with Crippen LogP contribution in [0.2, 0.25) is 0 Å². The van der Waals surface area contributed by atoms with Gasteiger partial charge in [0.15, 0.2) is 0 Å². The van der Waals surface area contributed by atoms with E-state index in [1.54, 1.807) is 19.2 Å². The van der Waals surface area contributed by atoms with Crippen LogP contribution in [0.15, 0.2) is 17.0 Å². The minimum atomic E-state index is -3.81. The fourth-order valence-electron chi connectivity index (χ4n) is 1.56. The van der Waals surface area contributed by atoms with Gasteiger partial charge >= 0.3 is 0 Å². The van der Waals surface area contributed by atoms with Crippen LogP contribution >= 0.6 is 0 Å². The molecule has 0 aliphatic rings. The second-order valence-electron chi connectivity index (χ2n) is 4.43. The molecule has 2 atom stereocenters. The number of hydrogen-bond acceptors (Lipinski definition) is 5. The van der Waals surface area contributed by atoms with Crippen molar-refractivity contribution >= 4 is 32.2 Å². The number of benzene rings is 1. The van der Waals surface area contributed by atoms with Crippen molar-refractivity contribution in [2.24, 2.45) is 5.14 Å². The maximum atomic E-state index is 11.5. The van der Waals surface area contributed by atoms with Gasteiger partial charge in [-0.25, -0.2) is 13.6 Å². The lowest BCUT2D eigenvalue weighted by Gasteiger charge is -2.16. The van der Waals surface area contributed by atoms with Crippen molar-refractivity contribution in [3.63, 3.8) is 0 Å². The number of anilines is 2. The van der Waals surface area contributed by atoms with Crippen molar-refractivity contribution < 1.29 is 12.6 Å². The van der Waals surface area contributed by atoms with Gasteiger partial charge in [-0.3, -0.25) is 4.21 Å². The van der Waals surface area contributed by atoms with E-state index < -0.39 is 20.8 Å². The molecule has 8 heteroatoms. The van der Waals surface area contributed by atoms with Crippen LogP contribution in [-0.4, -0.2) is 30.7 Å². The number of primary sulfonamides is 1. The summed E-state index contributed by atoms with van der Waals surface area (Å²) in [6.07, 6.45) is 1.62. The zero-order valence-electron chi connectivity index (χ0n) is 11.1. The average molecular weight is 305 g/mol. The molecule has 0 saturated heterocycles. The van der Waals surface area contributed by atoms with Gasteiger partial charge in [-0.2, -0.15) is 0 Å². The fraction of sp³-hybridized carbons (Fsp3) is 0.455. The lowest BCUT2D eigenvalue weighted by atomic mass is 10.1. The third-order valence-corrected chi connectivity index (χ3v) is 5.17. The number of rotatable bonds is 5. The Morgan fingerprint density at radius 1 is 1.42 bits per heavy atom. The van der Waals surface area contributed by atoms with Crippen molar-refractivity contribution in [3.8, 4) is 0 Å². The summed E-state index contributed by atoms with van der Waals surface area (Å²) >= 11 is 0. The van der Waals surface area contributed by atoms with Crippen molar-refractivity contribution in [2.75, 3.05) is 23.9 Å². The Balaban J connectivity index is 3.09. The fourth-order valence-corrected chi connectivity index (χ4v) is 2.71. The lowest BCUT2D eigenvalue weighted by molar-refractivity contribution is 0.597. The molecule has 2 unspecified atom stereocenters. The molecule has 1 aromatic carbocycles. The molecule has 0 heterocycles. The Labute approximate surface area is 116 Å². The van der Waals surface area contributed by atoms with E-state index in [0.717, 1.165) is 0 Å². The molecular weight excluding hydrogens is 286 g/mol. The quantitative estimate of drug-likeness (QED) is 0.681. The number of nitrogens with one attached hydrogen (secondary N) is 1. The van der Waals surface area contributed by atoms with Crippen molar-refractivity contribution in [3.05, 3.63) is 17.7 Å². The van der Waals surface area contributed by atoms with Crippen LogP contribution in [0, 0.1) is 6.92 Å². The summed E-state index contributed by atoms with van der Waals surface area (Å²) in [4.78, 5) is 0.000254. The normalized spacial score (nSPS) is 14.9. The molecule has 0 fully saturated rings. The minimum absolute atomic E-state index is 0.000254. The van der Waals surface area contributed by atoms with Crippen LogP contribution in [0.4, 0.5) is 11.4 Å². The Morgan fingerprint density at radius 2 is 2.00 bits per heavy atom. The molecule has 0 aliphatic carbocycles. The molecule has 1 rings (SSSR count). The summed E-state index contributed by atoms with van der Waals surface area (Å²) in [5.41, 5.74) is 7.07. The first-order chi connectivity index (χ1) is 8.62. The van der Waals surface area contributed by atoms with Crippen molar-refractivity contribution in [2.45, 2.75) is 24.0 Å². The highest BCUT2D eigenvalue weighted by atomic mass is 32.2. The molecule has 5 N–H and O–H groups in total. The van der Waals surface area contributed by atoms with E-state index in [0.29, 0.717) is 23.5 Å². The Hall–Kier alpha value is -1.12. The van der Waals surface area contributed by atoms with Gasteiger partial charge in [-0.15, -0.1) is 0 Å². The number of sulfonamides is 1. The molecule has 108 valence electrons. The SMILES string of the molecule is Cc1c(NCC(C)S(C)=O)cc(N)cc1S(N)(=O)=O. The van der Waals surface area contributed by atoms with Gasteiger partial charge in [0.05, 0.1) is 4.90 Å². The highest BCUT2D eigenvalue weighted by Gasteiger charge is 2.16. The molecule has 0 saturated carbocycles. The van der Waals surface area contributed by atoms with E-state index in [4.69, 9.17) is 10.9 Å². The molecule has 0 amide bonds. The second kappa shape index (κ2) is 5.89. The predicted molar refractivity (Wildman–Crippen MR) is 79.0 cm³/mol. The molecule has 0 aromatic heterocycles. The molecule has 0 radical (unpaired) electrons. The third-order valence-electron chi connectivity index (χ3n) is 2.84. The molecule has 0 spiro atoms. The van der Waals surface area contributed by atoms with Crippen LogP contribution < -0.4 is 16.2 Å². The van der Waals surface area contributed by atoms with E-state index >= 15 is 0 Å². The summed E-state index contributed by atoms with van der Waals surface area (Å²) in [6.45, 7) is 3.94. The molecule has 1 aromatic rings. The number of nitrogens with two attached hydrogens (primary N) is 2. The van der Waals surface area contributed by atoms with Crippen LogP contribution in [-0.2, 0) is 20.8 Å². The Morgan fingerprint density at radius 3 is 2.47 bits per heavy atom. The Bertz CT molecular complexity index is 599. The van der Waals surface area contributed by atoms with Crippen molar-refractivity contribution in [1.29, 1.82) is 0 Å². The standard InChI is InChI=1S/C11H19N3O3S2/c1-7(18(3)15)6-14-10-4-9(12)5-11(8(10)2)19(13,16)17/h4-5,7,14H,6,12H2,1-3H3,(H2,13,16,17). The molecule has 0 aliphatic heterocycles. The van der Waals surface area contributed by atoms with Crippen LogP contribution in [0.5, 0.6) is 0 Å². The topological polar surface area (TPSA) is 115 Å². The molecule has 19 heavy (non-hydrogen) atoms. The average Bonchev–Trinajstić information content (AvgIpc) is 2.27. The van der Waals surface area contributed by atoms with Gasteiger partial charge in [-0.1, -0.05) is 0 Å². The maximum absolute atomic E-state index is 11.5. The van der Waals surface area contributed by atoms with E-state index in [2.05, 4.69) is 5.32 Å². The number of nitrogen functional groups attached to an aromatic ring is 1. The van der Waals surface area contributed by atoms with Gasteiger partial charge < -0.3 is 11.1 Å². The highest BCUT2D eigenvalue weighted by molar-refractivity contribution is 7.89. The molecule has 6 nitrogen and oxygen atoms in total. The van der Waals surface area contributed by atoms with Gasteiger partial charge in [-0.05, 0) is 31.5 Å². The first kappa shape index (κ1) is 15.9. The summed E-state index contributed by atoms with van der Waals surface area (Å²) < 4.78 is 34.2. The third kappa shape index (κ3) is 4.19. The number of hydrogen-bond donors (Lipinski definition) is 3. The molecular formula is C11H19N3O3S2. The minimum Gasteiger partial charge on any atom is -0.399 e. The van der Waals surface area contributed by atoms with Crippen molar-refractivity contribution in [1.82, 2.24) is 0 Å². The first-order valence-electron chi connectivity index (χ1n) is 5.62. The van der Waals surface area contributed by atoms with Crippen LogP contribution in [0.25, 0.3) is 0 Å². The largest absolute Gasteiger partial charge is 0.399 e. The first-order valence-corrected chi connectivity index (χ1v) is 8.78. The predicted octanol–water partition coefficient (Wildman–Crippen LogP) is 0.404. The molecule has 0 bridgehead atoms. The summed E-state index contributed by atoms with van der Waals surface area (Å²) in [7, 11) is -4.77. The van der Waals surface area contributed by atoms with E-state index in [1.807, 2.05) is 6.92 Å². The van der Waals surface area contributed by atoms with Crippen LogP contribution in [0.3, 0.4) is 0 Å². The maximum Gasteiger partial charge on any atom is 0.238 e. The second-order valence-corrected chi connectivity index (χ2v) is 7.76. The monoisotopic (exact) mass is 305 g/mol. The van der Waals surface area contributed by atoms with Gasteiger partial charge in [0, 0.05) is 40.2 Å². The summed E-state index contributed by atoms with van der Waals surface area (Å²) in [5.74, 6) is 0. The van der Waals surface area contributed by atoms with E-state index in [1.165, 1.54) is 6.07 Å². The highest BCUT2D eigenvalue weighted by Crippen LogP contribution is 2.26. The lowest BCUT2D eigenvalue weighted by Crippen LogP contribution is -2.22. The zero-order valence-corrected chi connectivity index (χ0v) is 12.8. The summed E-state index contributed by atoms with van der Waals surface area (Å²) in [5, 5.41) is 8.14. The van der Waals surface area contributed by atoms with Crippen LogP contribution in [0.1, 0.15) is 12.5 Å². The van der Waals surface area contributed by atoms with Gasteiger partial charge in [0.1, 0.15) is 0 Å². The van der Waals surface area contributed by atoms with Gasteiger partial charge in [0.2, 0.25) is 10.0 Å². The summed E-state index contributed by atoms with van der Waals surface area (Å²) in [6, 6.07) is 2.96. The smallest absolute Gasteiger partial charge is 0.238 e. The Kier molecular flexibility index (Phi) is 4.94.